The molecule has 0 fully saturated rings. The number of nitrogens with one attached hydrogen (secondary N) is 1. The summed E-state index contributed by atoms with van der Waals surface area (Å²) < 4.78 is 0. The average molecular weight is 291 g/mol. The van der Waals surface area contributed by atoms with E-state index in [4.69, 9.17) is 5.11 Å². The maximum atomic E-state index is 11.8. The Kier molecular flexibility index (Phi) is 5.94. The van der Waals surface area contributed by atoms with Crippen LogP contribution >= 0.6 is 0 Å². The van der Waals surface area contributed by atoms with Crippen LogP contribution in [0.15, 0.2) is 24.3 Å². The molecular weight excluding hydrogens is 266 g/mol. The Morgan fingerprint density at radius 1 is 1.14 bits per heavy atom. The molecule has 0 aliphatic carbocycles. The smallest absolute Gasteiger partial charge is 0.328 e. The van der Waals surface area contributed by atoms with Crippen molar-refractivity contribution < 1.29 is 14.7 Å². The van der Waals surface area contributed by atoms with Gasteiger partial charge in [-0.25, -0.2) is 4.79 Å². The van der Waals surface area contributed by atoms with Crippen LogP contribution in [0.4, 0.5) is 0 Å². The van der Waals surface area contributed by atoms with Crippen molar-refractivity contribution in [2.24, 2.45) is 5.92 Å². The summed E-state index contributed by atoms with van der Waals surface area (Å²) in [6, 6.07) is 8.25. The maximum Gasteiger partial charge on any atom is 0.328 e. The van der Waals surface area contributed by atoms with Crippen LogP contribution in [-0.4, -0.2) is 22.5 Å². The molecule has 0 aromatic heterocycles. The summed E-state index contributed by atoms with van der Waals surface area (Å²) >= 11 is 0. The largest absolute Gasteiger partial charge is 0.480 e. The van der Waals surface area contributed by atoms with Gasteiger partial charge < -0.3 is 10.4 Å². The monoisotopic (exact) mass is 291 g/mol. The van der Waals surface area contributed by atoms with Gasteiger partial charge in [0.25, 0.3) is 0 Å². The molecule has 0 bridgehead atoms. The molecule has 0 saturated heterocycles. The molecule has 1 amide bonds. The molecule has 0 unspecified atom stereocenters. The molecule has 0 saturated carbocycles. The minimum absolute atomic E-state index is 0.242. The summed E-state index contributed by atoms with van der Waals surface area (Å²) in [6.45, 7) is 7.33. The van der Waals surface area contributed by atoms with E-state index in [1.807, 2.05) is 12.1 Å². The fraction of sp³-hybridized carbons (Fsp3) is 0.529. The molecule has 0 spiro atoms. The van der Waals surface area contributed by atoms with Gasteiger partial charge in [-0.3, -0.25) is 4.79 Å². The van der Waals surface area contributed by atoms with Gasteiger partial charge in [0, 0.05) is 6.42 Å². The SMILES string of the molecule is CC(C)Cc1ccc(CCC(=O)NC(C)(C)C(=O)O)cc1. The van der Waals surface area contributed by atoms with Crippen LogP contribution in [0.5, 0.6) is 0 Å². The summed E-state index contributed by atoms with van der Waals surface area (Å²) in [6.07, 6.45) is 1.96. The number of carboxylic acid groups (broad SMARTS) is 1. The second-order valence-electron chi connectivity index (χ2n) is 6.39. The van der Waals surface area contributed by atoms with E-state index in [9.17, 15) is 9.59 Å². The third-order valence-corrected chi connectivity index (χ3v) is 3.29. The molecule has 116 valence electrons. The van der Waals surface area contributed by atoms with Crippen LogP contribution in [0, 0.1) is 5.92 Å². The van der Waals surface area contributed by atoms with Crippen molar-refractivity contribution >= 4 is 11.9 Å². The van der Waals surface area contributed by atoms with Gasteiger partial charge in [0.15, 0.2) is 0 Å². The van der Waals surface area contributed by atoms with E-state index in [0.29, 0.717) is 18.8 Å². The zero-order valence-corrected chi connectivity index (χ0v) is 13.3. The lowest BCUT2D eigenvalue weighted by Gasteiger charge is -2.20. The number of amides is 1. The molecular formula is C17H25NO3. The fourth-order valence-electron chi connectivity index (χ4n) is 2.04. The first-order valence-electron chi connectivity index (χ1n) is 7.33. The van der Waals surface area contributed by atoms with Crippen molar-refractivity contribution in [1.82, 2.24) is 5.32 Å². The summed E-state index contributed by atoms with van der Waals surface area (Å²) in [7, 11) is 0. The summed E-state index contributed by atoms with van der Waals surface area (Å²) in [5.41, 5.74) is 1.16. The predicted molar refractivity (Wildman–Crippen MR) is 83.2 cm³/mol. The van der Waals surface area contributed by atoms with Crippen LogP contribution < -0.4 is 5.32 Å². The maximum absolute atomic E-state index is 11.8. The second-order valence-corrected chi connectivity index (χ2v) is 6.39. The molecule has 1 aromatic carbocycles. The standard InChI is InChI=1S/C17H25NO3/c1-12(2)11-14-7-5-13(6-8-14)9-10-15(19)18-17(3,4)16(20)21/h5-8,12H,9-11H2,1-4H3,(H,18,19)(H,20,21). The van der Waals surface area contributed by atoms with Crippen molar-refractivity contribution in [3.8, 4) is 0 Å². The van der Waals surface area contributed by atoms with E-state index in [2.05, 4.69) is 31.3 Å². The van der Waals surface area contributed by atoms with Gasteiger partial charge in [-0.05, 0) is 43.7 Å². The highest BCUT2D eigenvalue weighted by molar-refractivity contribution is 5.86. The minimum Gasteiger partial charge on any atom is -0.480 e. The lowest BCUT2D eigenvalue weighted by molar-refractivity contribution is -0.146. The first kappa shape index (κ1) is 17.2. The molecule has 0 heterocycles. The van der Waals surface area contributed by atoms with Crippen LogP contribution in [0.3, 0.4) is 0 Å². The van der Waals surface area contributed by atoms with E-state index in [-0.39, 0.29) is 5.91 Å². The first-order valence-corrected chi connectivity index (χ1v) is 7.33. The van der Waals surface area contributed by atoms with Gasteiger partial charge in [0.2, 0.25) is 5.91 Å². The number of hydrogen-bond acceptors (Lipinski definition) is 2. The molecule has 0 radical (unpaired) electrons. The highest BCUT2D eigenvalue weighted by Crippen LogP contribution is 2.11. The Labute approximate surface area is 126 Å². The second kappa shape index (κ2) is 7.25. The Morgan fingerprint density at radius 2 is 1.67 bits per heavy atom. The van der Waals surface area contributed by atoms with E-state index < -0.39 is 11.5 Å². The number of carbonyl (C=O) groups is 2. The van der Waals surface area contributed by atoms with Gasteiger partial charge in [-0.2, -0.15) is 0 Å². The third-order valence-electron chi connectivity index (χ3n) is 3.29. The van der Waals surface area contributed by atoms with Crippen LogP contribution in [-0.2, 0) is 22.4 Å². The minimum atomic E-state index is -1.22. The van der Waals surface area contributed by atoms with Crippen molar-refractivity contribution in [3.05, 3.63) is 35.4 Å². The number of aliphatic carboxylic acids is 1. The molecule has 0 atom stereocenters. The van der Waals surface area contributed by atoms with Gasteiger partial charge in [-0.1, -0.05) is 38.1 Å². The van der Waals surface area contributed by atoms with Crippen molar-refractivity contribution in [1.29, 1.82) is 0 Å². The van der Waals surface area contributed by atoms with Crippen LogP contribution in [0.2, 0.25) is 0 Å². The Hall–Kier alpha value is -1.84. The summed E-state index contributed by atoms with van der Waals surface area (Å²) in [4.78, 5) is 22.7. The Morgan fingerprint density at radius 3 is 2.14 bits per heavy atom. The molecule has 2 N–H and O–H groups in total. The number of rotatable bonds is 7. The predicted octanol–water partition coefficient (Wildman–Crippen LogP) is 2.80. The normalized spacial score (nSPS) is 11.5. The number of aryl methyl sites for hydroxylation is 1. The number of benzene rings is 1. The van der Waals surface area contributed by atoms with E-state index in [0.717, 1.165) is 12.0 Å². The third kappa shape index (κ3) is 5.98. The number of carbonyl (C=O) groups excluding carboxylic acids is 1. The molecule has 21 heavy (non-hydrogen) atoms. The van der Waals surface area contributed by atoms with Gasteiger partial charge in [0.05, 0.1) is 0 Å². The quantitative estimate of drug-likeness (QED) is 0.812. The van der Waals surface area contributed by atoms with E-state index in [1.54, 1.807) is 0 Å². The van der Waals surface area contributed by atoms with Gasteiger partial charge >= 0.3 is 5.97 Å². The average Bonchev–Trinajstić information content (AvgIpc) is 2.36. The van der Waals surface area contributed by atoms with Crippen molar-refractivity contribution in [2.45, 2.75) is 52.5 Å². The fourth-order valence-corrected chi connectivity index (χ4v) is 2.04. The Bertz CT molecular complexity index is 489. The molecule has 1 rings (SSSR count). The highest BCUT2D eigenvalue weighted by Gasteiger charge is 2.28. The molecule has 4 heteroatoms. The molecule has 4 nitrogen and oxygen atoms in total. The lowest BCUT2D eigenvalue weighted by atomic mass is 10.00. The number of hydrogen-bond donors (Lipinski definition) is 2. The van der Waals surface area contributed by atoms with E-state index >= 15 is 0 Å². The molecule has 0 aliphatic heterocycles. The summed E-state index contributed by atoms with van der Waals surface area (Å²) in [5.74, 6) is -0.651. The van der Waals surface area contributed by atoms with Crippen molar-refractivity contribution in [3.63, 3.8) is 0 Å². The molecule has 0 aliphatic rings. The summed E-state index contributed by atoms with van der Waals surface area (Å²) in [5, 5.41) is 11.5. The van der Waals surface area contributed by atoms with Crippen molar-refractivity contribution in [2.75, 3.05) is 0 Å². The zero-order valence-electron chi connectivity index (χ0n) is 13.3. The van der Waals surface area contributed by atoms with Crippen LogP contribution in [0.1, 0.15) is 45.2 Å². The topological polar surface area (TPSA) is 66.4 Å². The Balaban J connectivity index is 2.48. The zero-order chi connectivity index (χ0) is 16.0. The number of carboxylic acids is 1. The van der Waals surface area contributed by atoms with Gasteiger partial charge in [0.1, 0.15) is 5.54 Å². The highest BCUT2D eigenvalue weighted by atomic mass is 16.4. The van der Waals surface area contributed by atoms with Crippen LogP contribution in [0.25, 0.3) is 0 Å². The first-order chi connectivity index (χ1) is 9.70. The molecule has 1 aromatic rings. The lowest BCUT2D eigenvalue weighted by Crippen LogP contribution is -2.49. The van der Waals surface area contributed by atoms with Gasteiger partial charge in [-0.15, -0.1) is 0 Å². The van der Waals surface area contributed by atoms with E-state index in [1.165, 1.54) is 19.4 Å².